The lowest BCUT2D eigenvalue weighted by Crippen LogP contribution is -2.46. The molecule has 158 valence electrons. The fraction of sp³-hybridized carbons (Fsp3) is 0.423. The van der Waals surface area contributed by atoms with Crippen LogP contribution in [0.5, 0.6) is 0 Å². The molecule has 0 radical (unpaired) electrons. The van der Waals surface area contributed by atoms with Crippen LogP contribution in [0.4, 0.5) is 0 Å². The molecule has 30 heavy (non-hydrogen) atoms. The minimum atomic E-state index is -1.51. The molecule has 0 spiro atoms. The Morgan fingerprint density at radius 2 is 1.70 bits per heavy atom. The van der Waals surface area contributed by atoms with Crippen LogP contribution >= 0.6 is 0 Å². The van der Waals surface area contributed by atoms with Gasteiger partial charge in [-0.3, -0.25) is 9.69 Å². The molecule has 1 aliphatic carbocycles. The maximum Gasteiger partial charge on any atom is 0.259 e. The van der Waals surface area contributed by atoms with Gasteiger partial charge < -0.3 is 10.0 Å². The maximum atomic E-state index is 13.3. The first kappa shape index (κ1) is 20.8. The largest absolute Gasteiger partial charge is 0.375 e. The van der Waals surface area contributed by atoms with E-state index in [0.29, 0.717) is 29.7 Å². The molecule has 3 unspecified atom stereocenters. The second kappa shape index (κ2) is 8.75. The van der Waals surface area contributed by atoms with Crippen LogP contribution in [0.25, 0.3) is 0 Å². The summed E-state index contributed by atoms with van der Waals surface area (Å²) in [6.45, 7) is 5.85. The van der Waals surface area contributed by atoms with E-state index in [1.54, 1.807) is 4.90 Å². The number of hydrogen-bond acceptors (Lipinski definition) is 3. The molecule has 4 nitrogen and oxygen atoms in total. The Morgan fingerprint density at radius 3 is 2.30 bits per heavy atom. The predicted octanol–water partition coefficient (Wildman–Crippen LogP) is 3.68. The van der Waals surface area contributed by atoms with Gasteiger partial charge in [-0.15, -0.1) is 0 Å². The summed E-state index contributed by atoms with van der Waals surface area (Å²) in [5, 5.41) is 11.3. The summed E-state index contributed by atoms with van der Waals surface area (Å²) in [5.74, 6) is 1.68. The average molecular weight is 405 g/mol. The lowest BCUT2D eigenvalue weighted by Gasteiger charge is -2.32. The Morgan fingerprint density at radius 1 is 1.10 bits per heavy atom. The fourth-order valence-electron chi connectivity index (χ4n) is 5.02. The van der Waals surface area contributed by atoms with E-state index in [2.05, 4.69) is 35.2 Å². The minimum absolute atomic E-state index is 0.210. The first-order chi connectivity index (χ1) is 14.5. The summed E-state index contributed by atoms with van der Waals surface area (Å²) >= 11 is 0. The van der Waals surface area contributed by atoms with Gasteiger partial charge in [-0.1, -0.05) is 72.8 Å². The summed E-state index contributed by atoms with van der Waals surface area (Å²) in [4.78, 5) is 17.6. The molecule has 1 saturated heterocycles. The van der Waals surface area contributed by atoms with E-state index >= 15 is 0 Å². The third-order valence-electron chi connectivity index (χ3n) is 6.78. The van der Waals surface area contributed by atoms with Crippen molar-refractivity contribution in [3.8, 4) is 0 Å². The zero-order valence-electron chi connectivity index (χ0n) is 17.9. The highest BCUT2D eigenvalue weighted by Gasteiger charge is 2.56. The molecule has 1 heterocycles. The zero-order valence-corrected chi connectivity index (χ0v) is 17.9. The van der Waals surface area contributed by atoms with Crippen LogP contribution in [0, 0.1) is 17.8 Å². The SMILES string of the molecule is CC=CCC(O)(C(=O)N(C)CC1C2CN(Cc3ccccc3)CC21)c1ccccc1. The molecule has 2 fully saturated rings. The van der Waals surface area contributed by atoms with Gasteiger partial charge in [-0.25, -0.2) is 0 Å². The maximum absolute atomic E-state index is 13.3. The van der Waals surface area contributed by atoms with E-state index in [1.165, 1.54) is 5.56 Å². The van der Waals surface area contributed by atoms with Crippen molar-refractivity contribution in [3.63, 3.8) is 0 Å². The summed E-state index contributed by atoms with van der Waals surface area (Å²) in [6, 6.07) is 19.9. The monoisotopic (exact) mass is 404 g/mol. The number of rotatable bonds is 8. The van der Waals surface area contributed by atoms with Crippen LogP contribution in [0.3, 0.4) is 0 Å². The molecule has 2 aromatic carbocycles. The van der Waals surface area contributed by atoms with Gasteiger partial charge in [0, 0.05) is 39.6 Å². The van der Waals surface area contributed by atoms with Gasteiger partial charge in [0.15, 0.2) is 5.60 Å². The third-order valence-corrected chi connectivity index (χ3v) is 6.78. The number of amides is 1. The van der Waals surface area contributed by atoms with Gasteiger partial charge >= 0.3 is 0 Å². The Kier molecular flexibility index (Phi) is 6.07. The van der Waals surface area contributed by atoms with Crippen molar-refractivity contribution >= 4 is 5.91 Å². The van der Waals surface area contributed by atoms with Crippen LogP contribution < -0.4 is 0 Å². The van der Waals surface area contributed by atoms with Gasteiger partial charge in [0.05, 0.1) is 0 Å². The second-order valence-electron chi connectivity index (χ2n) is 8.86. The minimum Gasteiger partial charge on any atom is -0.375 e. The van der Waals surface area contributed by atoms with Crippen LogP contribution in [-0.4, -0.2) is 47.5 Å². The first-order valence-corrected chi connectivity index (χ1v) is 10.9. The van der Waals surface area contributed by atoms with Crippen molar-refractivity contribution in [1.82, 2.24) is 9.80 Å². The van der Waals surface area contributed by atoms with Crippen molar-refractivity contribution in [2.45, 2.75) is 25.5 Å². The Balaban J connectivity index is 1.35. The van der Waals surface area contributed by atoms with Crippen LogP contribution in [0.2, 0.25) is 0 Å². The molecule has 0 bridgehead atoms. The van der Waals surface area contributed by atoms with Gasteiger partial charge in [-0.2, -0.15) is 0 Å². The number of allylic oxidation sites excluding steroid dienone is 1. The van der Waals surface area contributed by atoms with E-state index in [0.717, 1.165) is 26.2 Å². The molecule has 4 rings (SSSR count). The molecular formula is C26H32N2O2. The van der Waals surface area contributed by atoms with Crippen molar-refractivity contribution < 1.29 is 9.90 Å². The Hall–Kier alpha value is -2.43. The van der Waals surface area contributed by atoms with E-state index in [1.807, 2.05) is 56.5 Å². The summed E-state index contributed by atoms with van der Waals surface area (Å²) in [5.41, 5.74) is 0.510. The Bertz CT molecular complexity index is 870. The van der Waals surface area contributed by atoms with Crippen molar-refractivity contribution in [1.29, 1.82) is 0 Å². The summed E-state index contributed by atoms with van der Waals surface area (Å²) < 4.78 is 0. The molecule has 0 aromatic heterocycles. The number of likely N-dealkylation sites (N-methyl/N-ethyl adjacent to an activating group) is 1. The van der Waals surface area contributed by atoms with E-state index in [9.17, 15) is 9.90 Å². The number of nitrogens with zero attached hydrogens (tertiary/aromatic N) is 2. The highest BCUT2D eigenvalue weighted by molar-refractivity contribution is 5.86. The third kappa shape index (κ3) is 4.21. The number of aliphatic hydroxyl groups is 1. The van der Waals surface area contributed by atoms with E-state index < -0.39 is 5.60 Å². The molecular weight excluding hydrogens is 372 g/mol. The van der Waals surface area contributed by atoms with Crippen molar-refractivity contribution in [3.05, 3.63) is 83.9 Å². The molecule has 3 atom stereocenters. The number of hydrogen-bond donors (Lipinski definition) is 1. The number of piperidine rings is 1. The van der Waals surface area contributed by atoms with E-state index in [4.69, 9.17) is 0 Å². The molecule has 4 heteroatoms. The van der Waals surface area contributed by atoms with Gasteiger partial charge in [0.25, 0.3) is 5.91 Å². The Labute approximate surface area is 179 Å². The van der Waals surface area contributed by atoms with Crippen molar-refractivity contribution in [2.75, 3.05) is 26.7 Å². The second-order valence-corrected chi connectivity index (χ2v) is 8.86. The number of carbonyl (C=O) groups is 1. The standard InChI is InChI=1S/C26H32N2O2/c1-3-4-15-26(30,21-13-9-6-10-14-21)25(29)27(2)17-22-23-18-28(19-24(22)23)16-20-11-7-5-8-12-20/h3-14,22-24,30H,15-19H2,1-2H3. The van der Waals surface area contributed by atoms with Gasteiger partial charge in [0.2, 0.25) is 0 Å². The van der Waals surface area contributed by atoms with Crippen molar-refractivity contribution in [2.24, 2.45) is 17.8 Å². The first-order valence-electron chi connectivity index (χ1n) is 10.9. The van der Waals surface area contributed by atoms with Gasteiger partial charge in [-0.05, 0) is 35.8 Å². The van der Waals surface area contributed by atoms with Crippen LogP contribution in [-0.2, 0) is 16.9 Å². The summed E-state index contributed by atoms with van der Waals surface area (Å²) in [6.07, 6.45) is 4.04. The normalized spacial score (nSPS) is 25.1. The van der Waals surface area contributed by atoms with Crippen LogP contribution in [0.15, 0.2) is 72.8 Å². The topological polar surface area (TPSA) is 43.8 Å². The number of fused-ring (bicyclic) bond motifs is 1. The smallest absolute Gasteiger partial charge is 0.259 e. The van der Waals surface area contributed by atoms with E-state index in [-0.39, 0.29) is 5.91 Å². The quantitative estimate of drug-likeness (QED) is 0.683. The predicted molar refractivity (Wildman–Crippen MR) is 120 cm³/mol. The fourth-order valence-corrected chi connectivity index (χ4v) is 5.02. The molecule has 1 saturated carbocycles. The molecule has 2 aromatic rings. The summed E-state index contributed by atoms with van der Waals surface area (Å²) in [7, 11) is 1.84. The van der Waals surface area contributed by atoms with Crippen LogP contribution in [0.1, 0.15) is 24.5 Å². The molecule has 1 N–H and O–H groups in total. The number of benzene rings is 2. The molecule has 1 aliphatic heterocycles. The number of likely N-dealkylation sites (tertiary alicyclic amines) is 1. The lowest BCUT2D eigenvalue weighted by molar-refractivity contribution is -0.151. The molecule has 2 aliphatic rings. The average Bonchev–Trinajstić information content (AvgIpc) is 3.21. The number of carbonyl (C=O) groups excluding carboxylic acids is 1. The van der Waals surface area contributed by atoms with Gasteiger partial charge in [0.1, 0.15) is 0 Å². The lowest BCUT2D eigenvalue weighted by atomic mass is 9.88. The highest BCUT2D eigenvalue weighted by Crippen LogP contribution is 2.52. The molecule has 1 amide bonds. The zero-order chi connectivity index (χ0) is 21.1. The highest BCUT2D eigenvalue weighted by atomic mass is 16.3.